The average molecular weight is 1430 g/mol. The van der Waals surface area contributed by atoms with Gasteiger partial charge in [-0.05, 0) is 135 Å². The third-order valence-electron chi connectivity index (χ3n) is 17.9. The molecule has 15 N–H and O–H groups in total. The molecule has 0 spiro atoms. The number of H-pyrrole nitrogens is 2. The number of fused-ring (bicyclic) bond motifs is 6. The lowest BCUT2D eigenvalue weighted by Gasteiger charge is -2.33. The van der Waals surface area contributed by atoms with E-state index in [4.69, 9.17) is 11.5 Å². The molecule has 9 rings (SSSR count). The third-order valence-corrected chi connectivity index (χ3v) is 20.0. The standard InChI is InChI=1S/C68H80F5N13O12S2/c1-36(87)59-66(97)81-52(23-37-10-14-45(88)15-11-37)67(98)85-20-5-9-54(85)63(94)82-53(60(75)91)35-100-34-39-7-4-6-38(22-39)33-99-21-18-57(89)79-50(8-2-3-19-74)61(92)78-31-58(90)80-51(24-40-29-76-48-16-12-43(69)27-46(40)48)62(93)84-65(96)55(25-41-30-77-49-17-13-44(70)28-47(41)49)86-32-42(68(71,72)73)26-56(86)64(95)83-59/h4,6-7,10-17,22,27-30,36,42,50-56,59,76-77,87-88H,2-3,5,8-9,18-21,23-26,31-35,74H2,1H3,(H2,75,91)(H,78,92)(H,79,89)(H,80,90)(H,81,97)(H,82,94)(H,83,95)(H,84,93,96)/t36-,42-,50-,51-,52-,53-,54-,55-,56-,59-/m0/s1. The second kappa shape index (κ2) is 34.3. The lowest BCUT2D eigenvalue weighted by atomic mass is 10.00. The Hall–Kier alpha value is -9.11. The van der Waals surface area contributed by atoms with Crippen LogP contribution in [0, 0.1) is 17.6 Å². The summed E-state index contributed by atoms with van der Waals surface area (Å²) in [5.74, 6) is -12.6. The summed E-state index contributed by atoms with van der Waals surface area (Å²) >= 11 is 2.74. The molecule has 2 aromatic heterocycles. The predicted octanol–water partition coefficient (Wildman–Crippen LogP) is 3.02. The zero-order valence-corrected chi connectivity index (χ0v) is 56.1. The van der Waals surface area contributed by atoms with Gasteiger partial charge in [0.15, 0.2) is 0 Å². The van der Waals surface area contributed by atoms with Crippen molar-refractivity contribution in [3.8, 4) is 5.75 Å². The van der Waals surface area contributed by atoms with Crippen LogP contribution in [0.15, 0.2) is 97.3 Å². The van der Waals surface area contributed by atoms with E-state index in [1.807, 2.05) is 24.3 Å². The van der Waals surface area contributed by atoms with Gasteiger partial charge in [0.25, 0.3) is 0 Å². The number of nitrogens with two attached hydrogens (primary N) is 2. The number of nitrogens with zero attached hydrogens (tertiary/aromatic N) is 2. The van der Waals surface area contributed by atoms with E-state index < -0.39 is 170 Å². The molecule has 4 aromatic carbocycles. The number of rotatable bonds is 12. The molecule has 6 aromatic rings. The molecule has 536 valence electrons. The highest BCUT2D eigenvalue weighted by molar-refractivity contribution is 7.98. The molecule has 10 atom stereocenters. The Labute approximate surface area is 579 Å². The molecule has 0 aliphatic carbocycles. The van der Waals surface area contributed by atoms with E-state index in [9.17, 15) is 57.8 Å². The van der Waals surface area contributed by atoms with Crippen molar-refractivity contribution in [2.45, 2.75) is 143 Å². The molecular formula is C68H80F5N13O12S2. The van der Waals surface area contributed by atoms with Gasteiger partial charge in [0, 0.05) is 89.6 Å². The highest BCUT2D eigenvalue weighted by Crippen LogP contribution is 2.39. The Morgan fingerprint density at radius 3 is 1.97 bits per heavy atom. The van der Waals surface area contributed by atoms with Crippen LogP contribution in [0.1, 0.15) is 79.7 Å². The van der Waals surface area contributed by atoms with Crippen LogP contribution in [0.3, 0.4) is 0 Å². The van der Waals surface area contributed by atoms with Crippen LogP contribution in [-0.2, 0) is 78.7 Å². The molecule has 0 saturated carbocycles. The first kappa shape index (κ1) is 75.1. The summed E-state index contributed by atoms with van der Waals surface area (Å²) in [4.78, 5) is 151. The Balaban J connectivity index is 1.06. The maximum Gasteiger partial charge on any atom is 0.393 e. The first-order valence-corrected chi connectivity index (χ1v) is 35.0. The molecule has 3 aliphatic heterocycles. The largest absolute Gasteiger partial charge is 0.508 e. The van der Waals surface area contributed by atoms with Crippen molar-refractivity contribution in [2.24, 2.45) is 17.4 Å². The van der Waals surface area contributed by atoms with E-state index >= 15 is 22.4 Å². The first-order valence-electron chi connectivity index (χ1n) is 32.7. The maximum absolute atomic E-state index is 15.2. The Kier molecular flexibility index (Phi) is 25.8. The van der Waals surface area contributed by atoms with Crippen molar-refractivity contribution in [1.29, 1.82) is 0 Å². The monoisotopic (exact) mass is 1430 g/mol. The number of halogens is 5. The van der Waals surface area contributed by atoms with E-state index in [1.165, 1.54) is 83.3 Å². The molecule has 0 unspecified atom stereocenters. The van der Waals surface area contributed by atoms with E-state index in [0.717, 1.165) is 41.1 Å². The fraction of sp³-hybridized carbons (Fsp3) is 0.441. The lowest BCUT2D eigenvalue weighted by molar-refractivity contribution is -0.171. The zero-order chi connectivity index (χ0) is 71.9. The van der Waals surface area contributed by atoms with Crippen molar-refractivity contribution in [3.63, 3.8) is 0 Å². The number of phenols is 1. The van der Waals surface area contributed by atoms with Gasteiger partial charge >= 0.3 is 6.18 Å². The van der Waals surface area contributed by atoms with Crippen molar-refractivity contribution in [2.75, 3.05) is 37.7 Å². The summed E-state index contributed by atoms with van der Waals surface area (Å²) < 4.78 is 75.5. The lowest BCUT2D eigenvalue weighted by Crippen LogP contribution is -2.62. The van der Waals surface area contributed by atoms with Gasteiger partial charge in [-0.15, -0.1) is 0 Å². The molecule has 0 radical (unpaired) electrons. The molecule has 2 bridgehead atoms. The number of phenolic OH excluding ortho intramolecular Hbond substituents is 1. The summed E-state index contributed by atoms with van der Waals surface area (Å²) in [6, 6.07) is 7.37. The van der Waals surface area contributed by atoms with E-state index in [1.54, 1.807) is 0 Å². The van der Waals surface area contributed by atoms with Crippen molar-refractivity contribution in [3.05, 3.63) is 137 Å². The number of thioether (sulfide) groups is 2. The van der Waals surface area contributed by atoms with Crippen molar-refractivity contribution >= 4 is 104 Å². The van der Waals surface area contributed by atoms with E-state index in [2.05, 4.69) is 47.2 Å². The summed E-state index contributed by atoms with van der Waals surface area (Å²) in [5.41, 5.74) is 14.8. The number of carbonyl (C=O) groups is 10. The van der Waals surface area contributed by atoms with Gasteiger partial charge in [0.05, 0.1) is 30.7 Å². The summed E-state index contributed by atoms with van der Waals surface area (Å²) in [7, 11) is 0. The van der Waals surface area contributed by atoms with Crippen molar-refractivity contribution < 1.29 is 80.1 Å². The minimum atomic E-state index is -5.06. The third kappa shape index (κ3) is 19.9. The molecule has 3 aliphatic rings. The second-order valence-electron chi connectivity index (χ2n) is 25.2. The number of nitrogens with one attached hydrogen (secondary N) is 9. The molecule has 2 saturated heterocycles. The number of imide groups is 1. The molecular weight excluding hydrogens is 1350 g/mol. The van der Waals surface area contributed by atoms with E-state index in [-0.39, 0.29) is 78.6 Å². The van der Waals surface area contributed by atoms with Crippen LogP contribution in [0.5, 0.6) is 5.75 Å². The number of amides is 10. The van der Waals surface area contributed by atoms with Gasteiger partial charge in [-0.25, -0.2) is 8.78 Å². The zero-order valence-electron chi connectivity index (χ0n) is 54.5. The van der Waals surface area contributed by atoms with E-state index in [0.29, 0.717) is 46.7 Å². The summed E-state index contributed by atoms with van der Waals surface area (Å²) in [5, 5.41) is 39.4. The highest BCUT2D eigenvalue weighted by atomic mass is 32.2. The van der Waals surface area contributed by atoms with Gasteiger partial charge in [0.2, 0.25) is 59.1 Å². The minimum Gasteiger partial charge on any atom is -0.508 e. The van der Waals surface area contributed by atoms with Gasteiger partial charge < -0.3 is 68.4 Å². The topological polar surface area (TPSA) is 385 Å². The fourth-order valence-corrected chi connectivity index (χ4v) is 14.5. The van der Waals surface area contributed by atoms with Crippen LogP contribution in [0.4, 0.5) is 22.0 Å². The van der Waals surface area contributed by atoms with Crippen molar-refractivity contribution in [1.82, 2.24) is 57.0 Å². The van der Waals surface area contributed by atoms with Crippen LogP contribution >= 0.6 is 23.5 Å². The SMILES string of the molecule is C[C@H](O)[C@@H]1NC(=O)[C@@H]2C[C@H](C(F)(F)F)CN2[C@@H](Cc2c[nH]c3ccc(F)cc23)C(=O)NC(=O)[C@H](Cc2c[nH]c3ccc(F)cc23)NC(=O)CNC(=O)[C@H](CCCCN)NC(=O)CCSCc2cccc(c2)CSC[C@@H](C(N)=O)NC(=O)[C@@H]2CCCN2C(=O)[C@H](Cc2ccc(O)cc2)NC1=O. The quantitative estimate of drug-likeness (QED) is 0.0476. The van der Waals surface area contributed by atoms with Gasteiger partial charge in [-0.1, -0.05) is 36.4 Å². The predicted molar refractivity (Wildman–Crippen MR) is 362 cm³/mol. The summed E-state index contributed by atoms with van der Waals surface area (Å²) in [6.45, 7) is -0.569. The van der Waals surface area contributed by atoms with Crippen LogP contribution < -0.4 is 48.7 Å². The number of carbonyl (C=O) groups excluding carboxylic acids is 10. The summed E-state index contributed by atoms with van der Waals surface area (Å²) in [6.07, 6.45) is -5.27. The molecule has 5 heterocycles. The Morgan fingerprint density at radius 1 is 0.690 bits per heavy atom. The molecule has 25 nitrogen and oxygen atoms in total. The number of aliphatic hydroxyl groups excluding tert-OH is 1. The normalized spacial score (nSPS) is 24.2. The first-order chi connectivity index (χ1) is 47.7. The Bertz CT molecular complexity index is 3970. The number of aliphatic hydroxyl groups is 1. The number of hydrogen-bond acceptors (Lipinski definition) is 16. The highest BCUT2D eigenvalue weighted by Gasteiger charge is 2.53. The number of aromatic amines is 2. The molecule has 32 heteroatoms. The minimum absolute atomic E-state index is 0.0161. The number of aromatic nitrogens is 2. The maximum atomic E-state index is 15.2. The smallest absolute Gasteiger partial charge is 0.393 e. The number of hydrogen-bond donors (Lipinski definition) is 13. The number of primary amides is 1. The average Bonchev–Trinajstić information content (AvgIpc) is 1.62. The fourth-order valence-electron chi connectivity index (χ4n) is 12.6. The van der Waals surface area contributed by atoms with Crippen LogP contribution in [0.25, 0.3) is 21.8 Å². The van der Waals surface area contributed by atoms with Gasteiger partial charge in [-0.2, -0.15) is 36.7 Å². The number of unbranched alkanes of at least 4 members (excludes halogenated alkanes) is 1. The molecule has 2 fully saturated rings. The van der Waals surface area contributed by atoms with Gasteiger partial charge in [0.1, 0.15) is 53.6 Å². The second-order valence-corrected chi connectivity index (χ2v) is 27.3. The molecule has 100 heavy (non-hydrogen) atoms. The van der Waals surface area contributed by atoms with Crippen LogP contribution in [-0.4, -0.2) is 187 Å². The number of aromatic hydroxyl groups is 1. The number of alkyl halides is 3. The van der Waals surface area contributed by atoms with Crippen LogP contribution in [0.2, 0.25) is 0 Å². The Morgan fingerprint density at radius 2 is 1.33 bits per heavy atom. The molecule has 10 amide bonds. The van der Waals surface area contributed by atoms with Gasteiger partial charge in [-0.3, -0.25) is 58.2 Å². The number of benzene rings is 4.